The molecule has 2 aromatic carbocycles. The molecule has 0 unspecified atom stereocenters. The van der Waals surface area contributed by atoms with Crippen molar-refractivity contribution in [2.24, 2.45) is 0 Å². The molecule has 2 rings (SSSR count). The van der Waals surface area contributed by atoms with Crippen molar-refractivity contribution in [3.63, 3.8) is 0 Å². The summed E-state index contributed by atoms with van der Waals surface area (Å²) in [7, 11) is 0. The number of esters is 1. The van der Waals surface area contributed by atoms with Crippen molar-refractivity contribution >= 4 is 29.6 Å². The first-order chi connectivity index (χ1) is 13.0. The number of amides is 1. The maximum Gasteiger partial charge on any atom is 0.331 e. The average Bonchev–Trinajstić information content (AvgIpc) is 2.66. The second kappa shape index (κ2) is 10.4. The highest BCUT2D eigenvalue weighted by molar-refractivity contribution is 6.30. The van der Waals surface area contributed by atoms with E-state index in [1.807, 2.05) is 50.2 Å². The summed E-state index contributed by atoms with van der Waals surface area (Å²) in [6.45, 7) is 3.90. The van der Waals surface area contributed by atoms with Crippen LogP contribution < -0.4 is 10.1 Å². The number of rotatable bonds is 8. The first-order valence-electron chi connectivity index (χ1n) is 8.61. The molecule has 0 saturated carbocycles. The molecule has 0 saturated heterocycles. The lowest BCUT2D eigenvalue weighted by atomic mass is 10.1. The lowest BCUT2D eigenvalue weighted by molar-refractivity contribution is -0.144. The van der Waals surface area contributed by atoms with E-state index in [-0.39, 0.29) is 18.6 Å². The smallest absolute Gasteiger partial charge is 0.331 e. The number of hydrogen-bond donors (Lipinski definition) is 1. The summed E-state index contributed by atoms with van der Waals surface area (Å²) >= 11 is 5.85. The number of nitrogens with one attached hydrogen (secondary N) is 1. The number of para-hydroxylation sites is 1. The van der Waals surface area contributed by atoms with Gasteiger partial charge in [-0.05, 0) is 43.7 Å². The zero-order valence-corrected chi connectivity index (χ0v) is 16.0. The van der Waals surface area contributed by atoms with Crippen molar-refractivity contribution in [3.05, 3.63) is 70.8 Å². The van der Waals surface area contributed by atoms with Gasteiger partial charge in [-0.3, -0.25) is 4.79 Å². The molecule has 0 aliphatic heterocycles. The first kappa shape index (κ1) is 20.5. The Morgan fingerprint density at radius 2 is 1.85 bits per heavy atom. The van der Waals surface area contributed by atoms with Gasteiger partial charge in [-0.1, -0.05) is 41.9 Å². The third-order valence-corrected chi connectivity index (χ3v) is 3.96. The molecule has 0 aliphatic carbocycles. The van der Waals surface area contributed by atoms with E-state index < -0.39 is 5.97 Å². The van der Waals surface area contributed by atoms with Crippen molar-refractivity contribution in [2.75, 3.05) is 13.2 Å². The molecule has 1 amide bonds. The molecule has 0 radical (unpaired) electrons. The van der Waals surface area contributed by atoms with Crippen LogP contribution in [0.3, 0.4) is 0 Å². The Balaban J connectivity index is 1.82. The van der Waals surface area contributed by atoms with Crippen molar-refractivity contribution in [1.29, 1.82) is 0 Å². The number of carbonyl (C=O) groups excluding carboxylic acids is 2. The van der Waals surface area contributed by atoms with E-state index in [2.05, 4.69) is 5.32 Å². The molecule has 0 bridgehead atoms. The molecule has 5 nitrogen and oxygen atoms in total. The minimum atomic E-state index is -0.601. The predicted octanol–water partition coefficient (Wildman–Crippen LogP) is 4.17. The summed E-state index contributed by atoms with van der Waals surface area (Å²) in [5, 5.41) is 3.40. The zero-order valence-electron chi connectivity index (χ0n) is 15.3. The van der Waals surface area contributed by atoms with Gasteiger partial charge in [0.1, 0.15) is 5.75 Å². The maximum atomic E-state index is 12.0. The van der Waals surface area contributed by atoms with E-state index in [9.17, 15) is 9.59 Å². The van der Waals surface area contributed by atoms with E-state index in [0.717, 1.165) is 11.1 Å². The van der Waals surface area contributed by atoms with Crippen molar-refractivity contribution in [2.45, 2.75) is 19.9 Å². The SMILES string of the molecule is CCOc1ccccc1/C=C/C(=O)OCC(=O)N[C@@H](C)c1ccc(Cl)cc1. The quantitative estimate of drug-likeness (QED) is 0.545. The van der Waals surface area contributed by atoms with E-state index >= 15 is 0 Å². The molecule has 27 heavy (non-hydrogen) atoms. The number of hydrogen-bond acceptors (Lipinski definition) is 4. The van der Waals surface area contributed by atoms with Crippen molar-refractivity contribution in [3.8, 4) is 5.75 Å². The lowest BCUT2D eigenvalue weighted by Crippen LogP contribution is -2.30. The Hall–Kier alpha value is -2.79. The highest BCUT2D eigenvalue weighted by atomic mass is 35.5. The largest absolute Gasteiger partial charge is 0.493 e. The first-order valence-corrected chi connectivity index (χ1v) is 8.99. The number of benzene rings is 2. The third kappa shape index (κ3) is 6.79. The van der Waals surface area contributed by atoms with E-state index in [4.69, 9.17) is 21.1 Å². The summed E-state index contributed by atoms with van der Waals surface area (Å²) in [4.78, 5) is 23.8. The van der Waals surface area contributed by atoms with Gasteiger partial charge in [0, 0.05) is 16.7 Å². The van der Waals surface area contributed by atoms with Crippen LogP contribution in [0.1, 0.15) is 31.0 Å². The van der Waals surface area contributed by atoms with Crippen LogP contribution >= 0.6 is 11.6 Å². The van der Waals surface area contributed by atoms with Crippen LogP contribution in [0.25, 0.3) is 6.08 Å². The van der Waals surface area contributed by atoms with E-state index in [0.29, 0.717) is 17.4 Å². The Morgan fingerprint density at radius 3 is 2.56 bits per heavy atom. The fourth-order valence-electron chi connectivity index (χ4n) is 2.37. The van der Waals surface area contributed by atoms with Gasteiger partial charge >= 0.3 is 5.97 Å². The molecule has 0 fully saturated rings. The monoisotopic (exact) mass is 387 g/mol. The second-order valence-electron chi connectivity index (χ2n) is 5.75. The molecule has 0 aliphatic rings. The van der Waals surface area contributed by atoms with Crippen molar-refractivity contribution < 1.29 is 19.1 Å². The van der Waals surface area contributed by atoms with Crippen LogP contribution in [-0.4, -0.2) is 25.1 Å². The molecular formula is C21H22ClNO4. The highest BCUT2D eigenvalue weighted by Crippen LogP contribution is 2.19. The molecule has 0 spiro atoms. The number of carbonyl (C=O) groups is 2. The van der Waals surface area contributed by atoms with Gasteiger partial charge in [0.15, 0.2) is 6.61 Å². The molecule has 142 valence electrons. The van der Waals surface area contributed by atoms with Crippen LogP contribution in [0.15, 0.2) is 54.6 Å². The maximum absolute atomic E-state index is 12.0. The number of halogens is 1. The molecular weight excluding hydrogens is 366 g/mol. The fraction of sp³-hybridized carbons (Fsp3) is 0.238. The average molecular weight is 388 g/mol. The molecule has 1 N–H and O–H groups in total. The van der Waals surface area contributed by atoms with Gasteiger partial charge < -0.3 is 14.8 Å². The summed E-state index contributed by atoms with van der Waals surface area (Å²) in [6.07, 6.45) is 2.87. The van der Waals surface area contributed by atoms with E-state index in [1.54, 1.807) is 18.2 Å². The molecule has 1 atom stereocenters. The molecule has 2 aromatic rings. The molecule has 0 heterocycles. The summed E-state index contributed by atoms with van der Waals surface area (Å²) in [5.41, 5.74) is 1.67. The van der Waals surface area contributed by atoms with Gasteiger partial charge in [-0.2, -0.15) is 0 Å². The topological polar surface area (TPSA) is 64.6 Å². The zero-order chi connectivity index (χ0) is 19.6. The minimum Gasteiger partial charge on any atom is -0.493 e. The summed E-state index contributed by atoms with van der Waals surface area (Å²) in [5.74, 6) is -0.303. The summed E-state index contributed by atoms with van der Waals surface area (Å²) in [6, 6.07) is 14.3. The Bertz CT molecular complexity index is 802. The Labute approximate surface area is 163 Å². The fourth-order valence-corrected chi connectivity index (χ4v) is 2.49. The second-order valence-corrected chi connectivity index (χ2v) is 6.19. The predicted molar refractivity (Wildman–Crippen MR) is 106 cm³/mol. The third-order valence-electron chi connectivity index (χ3n) is 3.71. The highest BCUT2D eigenvalue weighted by Gasteiger charge is 2.11. The van der Waals surface area contributed by atoms with Crippen LogP contribution in [0, 0.1) is 0 Å². The number of ether oxygens (including phenoxy) is 2. The van der Waals surface area contributed by atoms with Crippen LogP contribution in [0.2, 0.25) is 5.02 Å². The normalized spacial score (nSPS) is 11.8. The summed E-state index contributed by atoms with van der Waals surface area (Å²) < 4.78 is 10.5. The van der Waals surface area contributed by atoms with Gasteiger partial charge in [0.2, 0.25) is 0 Å². The van der Waals surface area contributed by atoms with Crippen LogP contribution in [0.5, 0.6) is 5.75 Å². The Kier molecular flexibility index (Phi) is 7.89. The Morgan fingerprint density at radius 1 is 1.15 bits per heavy atom. The minimum absolute atomic E-state index is 0.220. The molecule has 6 heteroatoms. The van der Waals surface area contributed by atoms with Crippen molar-refractivity contribution in [1.82, 2.24) is 5.32 Å². The van der Waals surface area contributed by atoms with Gasteiger partial charge in [-0.25, -0.2) is 4.79 Å². The van der Waals surface area contributed by atoms with Crippen LogP contribution in [0.4, 0.5) is 0 Å². The van der Waals surface area contributed by atoms with Gasteiger partial charge in [0.25, 0.3) is 5.91 Å². The van der Waals surface area contributed by atoms with Gasteiger partial charge in [-0.15, -0.1) is 0 Å². The molecule has 0 aromatic heterocycles. The van der Waals surface area contributed by atoms with Gasteiger partial charge in [0.05, 0.1) is 12.6 Å². The van der Waals surface area contributed by atoms with E-state index in [1.165, 1.54) is 6.08 Å². The van der Waals surface area contributed by atoms with Crippen LogP contribution in [-0.2, 0) is 14.3 Å². The lowest BCUT2D eigenvalue weighted by Gasteiger charge is -2.14. The standard InChI is InChI=1S/C21H22ClNO4/c1-3-26-19-7-5-4-6-17(19)10-13-21(25)27-14-20(24)23-15(2)16-8-11-18(22)12-9-16/h4-13,15H,3,14H2,1-2H3,(H,23,24)/b13-10+/t15-/m0/s1.